The van der Waals surface area contributed by atoms with Crippen molar-refractivity contribution in [1.82, 2.24) is 0 Å². The quantitative estimate of drug-likeness (QED) is 0.472. The number of rotatable bonds is 2. The van der Waals surface area contributed by atoms with Crippen molar-refractivity contribution < 1.29 is 0 Å². The topological polar surface area (TPSA) is 0 Å². The molecular formula is C13H14. The van der Waals surface area contributed by atoms with E-state index in [1.165, 1.54) is 0 Å². The molecule has 0 unspecified atom stereocenters. The second-order valence-electron chi connectivity index (χ2n) is 2.89. The van der Waals surface area contributed by atoms with Crippen LogP contribution in [0.3, 0.4) is 0 Å². The zero-order chi connectivity index (χ0) is 9.52. The van der Waals surface area contributed by atoms with Gasteiger partial charge >= 0.3 is 0 Å². The molecule has 0 saturated carbocycles. The van der Waals surface area contributed by atoms with Crippen molar-refractivity contribution >= 4 is 0 Å². The third-order valence-electron chi connectivity index (χ3n) is 1.90. The molecule has 1 atom stereocenters. The van der Waals surface area contributed by atoms with Gasteiger partial charge < -0.3 is 0 Å². The maximum Gasteiger partial charge on any atom is 0.0381 e. The van der Waals surface area contributed by atoms with E-state index in [1.54, 1.807) is 0 Å². The smallest absolute Gasteiger partial charge is 0.0381 e. The fraction of sp³-hybridized carbons (Fsp3) is 0.231. The molecular weight excluding hydrogens is 156 g/mol. The standard InChI is InChI=1S/C13H14/c1-3-12(4-2)10-11-13-8-6-5-7-9-13/h3,5-9,12H,1,4H2,2H3/t12-/m1/s1. The largest absolute Gasteiger partial charge is 0.102 e. The van der Waals surface area contributed by atoms with Crippen molar-refractivity contribution in [3.63, 3.8) is 0 Å². The highest BCUT2D eigenvalue weighted by molar-refractivity contribution is 5.34. The van der Waals surface area contributed by atoms with Crippen LogP contribution in [-0.4, -0.2) is 0 Å². The molecule has 0 fully saturated rings. The van der Waals surface area contributed by atoms with Gasteiger partial charge in [0.05, 0.1) is 0 Å². The van der Waals surface area contributed by atoms with Gasteiger partial charge in [0.25, 0.3) is 0 Å². The zero-order valence-electron chi connectivity index (χ0n) is 7.96. The summed E-state index contributed by atoms with van der Waals surface area (Å²) < 4.78 is 0. The lowest BCUT2D eigenvalue weighted by molar-refractivity contribution is 0.802. The van der Waals surface area contributed by atoms with Crippen molar-refractivity contribution in [2.45, 2.75) is 13.3 Å². The van der Waals surface area contributed by atoms with Crippen LogP contribution in [0, 0.1) is 17.8 Å². The monoisotopic (exact) mass is 170 g/mol. The summed E-state index contributed by atoms with van der Waals surface area (Å²) in [6.07, 6.45) is 2.93. The molecule has 0 amide bonds. The highest BCUT2D eigenvalue weighted by atomic mass is 14.0. The highest BCUT2D eigenvalue weighted by Gasteiger charge is 1.92. The van der Waals surface area contributed by atoms with Gasteiger partial charge in [0, 0.05) is 11.5 Å². The SMILES string of the molecule is C=C[C@@H](C#Cc1ccccc1)CC. The zero-order valence-corrected chi connectivity index (χ0v) is 7.96. The minimum absolute atomic E-state index is 0.320. The van der Waals surface area contributed by atoms with Crippen molar-refractivity contribution in [3.8, 4) is 11.8 Å². The van der Waals surface area contributed by atoms with Crippen molar-refractivity contribution in [3.05, 3.63) is 48.6 Å². The second kappa shape index (κ2) is 5.22. The third-order valence-corrected chi connectivity index (χ3v) is 1.90. The molecule has 0 nitrogen and oxygen atoms in total. The molecule has 0 aliphatic rings. The molecule has 1 rings (SSSR count). The molecule has 0 N–H and O–H groups in total. The van der Waals surface area contributed by atoms with Gasteiger partial charge in [-0.1, -0.05) is 43.0 Å². The summed E-state index contributed by atoms with van der Waals surface area (Å²) in [6, 6.07) is 10.0. The summed E-state index contributed by atoms with van der Waals surface area (Å²) in [5.41, 5.74) is 1.07. The Hall–Kier alpha value is -1.48. The van der Waals surface area contributed by atoms with Crippen LogP contribution in [0.2, 0.25) is 0 Å². The summed E-state index contributed by atoms with van der Waals surface area (Å²) in [4.78, 5) is 0. The normalized spacial score (nSPS) is 11.2. The Kier molecular flexibility index (Phi) is 3.85. The minimum atomic E-state index is 0.320. The first-order chi connectivity index (χ1) is 6.36. The van der Waals surface area contributed by atoms with Gasteiger partial charge in [0.1, 0.15) is 0 Å². The Balaban J connectivity index is 2.72. The van der Waals surface area contributed by atoms with Gasteiger partial charge in [0.15, 0.2) is 0 Å². The van der Waals surface area contributed by atoms with Crippen LogP contribution in [0.1, 0.15) is 18.9 Å². The average Bonchev–Trinajstić information content (AvgIpc) is 2.21. The molecule has 0 bridgehead atoms. The third kappa shape index (κ3) is 3.17. The minimum Gasteiger partial charge on any atom is -0.102 e. The van der Waals surface area contributed by atoms with Crippen LogP contribution < -0.4 is 0 Å². The van der Waals surface area contributed by atoms with Crippen LogP contribution in [0.25, 0.3) is 0 Å². The van der Waals surface area contributed by atoms with Crippen molar-refractivity contribution in [1.29, 1.82) is 0 Å². The number of hydrogen-bond donors (Lipinski definition) is 0. The Labute approximate surface area is 80.3 Å². The van der Waals surface area contributed by atoms with Gasteiger partial charge in [-0.2, -0.15) is 0 Å². The molecule has 0 heterocycles. The molecule has 0 aromatic heterocycles. The van der Waals surface area contributed by atoms with E-state index in [1.807, 2.05) is 36.4 Å². The summed E-state index contributed by atoms with van der Waals surface area (Å²) in [6.45, 7) is 5.86. The van der Waals surface area contributed by atoms with E-state index in [-0.39, 0.29) is 0 Å². The molecule has 0 aliphatic heterocycles. The molecule has 66 valence electrons. The van der Waals surface area contributed by atoms with Gasteiger partial charge in [-0.25, -0.2) is 0 Å². The number of hydrogen-bond acceptors (Lipinski definition) is 0. The Bertz CT molecular complexity index is 311. The molecule has 0 spiro atoms. The molecule has 0 saturated heterocycles. The van der Waals surface area contributed by atoms with E-state index < -0.39 is 0 Å². The molecule has 0 heteroatoms. The first-order valence-electron chi connectivity index (χ1n) is 4.56. The van der Waals surface area contributed by atoms with Crippen LogP contribution in [0.15, 0.2) is 43.0 Å². The van der Waals surface area contributed by atoms with E-state index >= 15 is 0 Å². The molecule has 0 aliphatic carbocycles. The lowest BCUT2D eigenvalue weighted by Crippen LogP contribution is -1.87. The van der Waals surface area contributed by atoms with Gasteiger partial charge in [-0.15, -0.1) is 6.58 Å². The van der Waals surface area contributed by atoms with Gasteiger partial charge in [0.2, 0.25) is 0 Å². The fourth-order valence-corrected chi connectivity index (χ4v) is 1.03. The van der Waals surface area contributed by atoms with E-state index in [4.69, 9.17) is 0 Å². The summed E-state index contributed by atoms with van der Waals surface area (Å²) in [5, 5.41) is 0. The predicted octanol–water partition coefficient (Wildman–Crippen LogP) is 3.25. The van der Waals surface area contributed by atoms with Gasteiger partial charge in [-0.05, 0) is 18.6 Å². The molecule has 13 heavy (non-hydrogen) atoms. The van der Waals surface area contributed by atoms with Gasteiger partial charge in [-0.3, -0.25) is 0 Å². The van der Waals surface area contributed by atoms with E-state index in [9.17, 15) is 0 Å². The molecule has 1 aromatic carbocycles. The summed E-state index contributed by atoms with van der Waals surface area (Å²) >= 11 is 0. The number of allylic oxidation sites excluding steroid dienone is 1. The molecule has 0 radical (unpaired) electrons. The van der Waals surface area contributed by atoms with E-state index in [2.05, 4.69) is 25.3 Å². The molecule has 1 aromatic rings. The second-order valence-corrected chi connectivity index (χ2v) is 2.89. The summed E-state index contributed by atoms with van der Waals surface area (Å²) in [5.74, 6) is 6.61. The first kappa shape index (κ1) is 9.61. The fourth-order valence-electron chi connectivity index (χ4n) is 1.03. The average molecular weight is 170 g/mol. The van der Waals surface area contributed by atoms with E-state index in [0.717, 1.165) is 12.0 Å². The maximum atomic E-state index is 3.74. The summed E-state index contributed by atoms with van der Waals surface area (Å²) in [7, 11) is 0. The van der Waals surface area contributed by atoms with E-state index in [0.29, 0.717) is 5.92 Å². The van der Waals surface area contributed by atoms with Crippen LogP contribution in [0.5, 0.6) is 0 Å². The van der Waals surface area contributed by atoms with Crippen LogP contribution in [-0.2, 0) is 0 Å². The lowest BCUT2D eigenvalue weighted by atomic mass is 10.1. The van der Waals surface area contributed by atoms with Crippen molar-refractivity contribution in [2.75, 3.05) is 0 Å². The Morgan fingerprint density at radius 2 is 2.08 bits per heavy atom. The Morgan fingerprint density at radius 1 is 1.38 bits per heavy atom. The first-order valence-corrected chi connectivity index (χ1v) is 4.56. The maximum absolute atomic E-state index is 3.74. The Morgan fingerprint density at radius 3 is 2.62 bits per heavy atom. The van der Waals surface area contributed by atoms with Crippen LogP contribution in [0.4, 0.5) is 0 Å². The lowest BCUT2D eigenvalue weighted by Gasteiger charge is -1.96. The predicted molar refractivity (Wildman–Crippen MR) is 57.3 cm³/mol. The number of benzene rings is 1. The van der Waals surface area contributed by atoms with Crippen LogP contribution >= 0.6 is 0 Å². The highest BCUT2D eigenvalue weighted by Crippen LogP contribution is 2.02. The van der Waals surface area contributed by atoms with Crippen molar-refractivity contribution in [2.24, 2.45) is 5.92 Å².